The molecule has 0 saturated carbocycles. The van der Waals surface area contributed by atoms with Crippen molar-refractivity contribution in [1.29, 1.82) is 0 Å². The van der Waals surface area contributed by atoms with E-state index in [4.69, 9.17) is 9.72 Å². The first-order chi connectivity index (χ1) is 19.1. The fourth-order valence-corrected chi connectivity index (χ4v) is 4.69. The minimum Gasteiger partial charge on any atom is -0.378 e. The van der Waals surface area contributed by atoms with Gasteiger partial charge in [-0.15, -0.1) is 0 Å². The van der Waals surface area contributed by atoms with Gasteiger partial charge in [-0.1, -0.05) is 18.7 Å². The maximum atomic E-state index is 11.7. The zero-order valence-corrected chi connectivity index (χ0v) is 22.4. The Morgan fingerprint density at radius 1 is 1.00 bits per heavy atom. The largest absolute Gasteiger partial charge is 0.378 e. The van der Waals surface area contributed by atoms with Crippen molar-refractivity contribution < 1.29 is 9.53 Å². The third kappa shape index (κ3) is 7.04. The van der Waals surface area contributed by atoms with Crippen molar-refractivity contribution in [2.75, 3.05) is 85.3 Å². The maximum absolute atomic E-state index is 11.7. The van der Waals surface area contributed by atoms with E-state index in [0.717, 1.165) is 67.7 Å². The SMILES string of the molecule is C=CC(=O)Nc1cccc(CNc2nc(Nc3ccc(N4CCN(C)CC4)cc3)ncc2N2CCOCC2)c1. The molecule has 39 heavy (non-hydrogen) atoms. The van der Waals surface area contributed by atoms with Gasteiger partial charge in [0.25, 0.3) is 0 Å². The molecule has 0 spiro atoms. The molecule has 3 heterocycles. The third-order valence-electron chi connectivity index (χ3n) is 6.95. The lowest BCUT2D eigenvalue weighted by Gasteiger charge is -2.34. The fourth-order valence-electron chi connectivity index (χ4n) is 4.69. The number of aromatic nitrogens is 2. The topological polar surface area (TPSA) is 97.9 Å². The van der Waals surface area contributed by atoms with Gasteiger partial charge < -0.3 is 35.4 Å². The molecule has 5 rings (SSSR count). The Bertz CT molecular complexity index is 1270. The van der Waals surface area contributed by atoms with Gasteiger partial charge in [0.2, 0.25) is 11.9 Å². The van der Waals surface area contributed by atoms with E-state index in [9.17, 15) is 4.79 Å². The molecule has 2 aliphatic heterocycles. The first kappa shape index (κ1) is 26.5. The Balaban J connectivity index is 1.30. The summed E-state index contributed by atoms with van der Waals surface area (Å²) in [6.45, 7) is 11.2. The quantitative estimate of drug-likeness (QED) is 0.360. The molecule has 204 valence electrons. The summed E-state index contributed by atoms with van der Waals surface area (Å²) < 4.78 is 5.54. The van der Waals surface area contributed by atoms with Crippen molar-refractivity contribution in [3.05, 3.63) is 72.9 Å². The summed E-state index contributed by atoms with van der Waals surface area (Å²) in [6.07, 6.45) is 3.12. The summed E-state index contributed by atoms with van der Waals surface area (Å²) in [5, 5.41) is 9.65. The second-order valence-electron chi connectivity index (χ2n) is 9.74. The van der Waals surface area contributed by atoms with Crippen molar-refractivity contribution >= 4 is 40.4 Å². The van der Waals surface area contributed by atoms with Gasteiger partial charge in [-0.25, -0.2) is 4.98 Å². The second kappa shape index (κ2) is 12.6. The van der Waals surface area contributed by atoms with Crippen LogP contribution in [-0.2, 0) is 16.1 Å². The van der Waals surface area contributed by atoms with E-state index in [0.29, 0.717) is 25.7 Å². The molecule has 10 heteroatoms. The molecule has 3 N–H and O–H groups in total. The lowest BCUT2D eigenvalue weighted by atomic mass is 10.2. The van der Waals surface area contributed by atoms with Gasteiger partial charge in [-0.2, -0.15) is 4.98 Å². The van der Waals surface area contributed by atoms with Crippen LogP contribution in [0, 0.1) is 0 Å². The van der Waals surface area contributed by atoms with Gasteiger partial charge in [0.05, 0.1) is 25.1 Å². The van der Waals surface area contributed by atoms with E-state index in [-0.39, 0.29) is 5.91 Å². The lowest BCUT2D eigenvalue weighted by Crippen LogP contribution is -2.44. The summed E-state index contributed by atoms with van der Waals surface area (Å²) in [6, 6.07) is 16.1. The molecule has 1 aromatic heterocycles. The molecule has 10 nitrogen and oxygen atoms in total. The number of hydrogen-bond donors (Lipinski definition) is 3. The van der Waals surface area contributed by atoms with Gasteiger partial charge in [-0.3, -0.25) is 4.79 Å². The Morgan fingerprint density at radius 3 is 2.51 bits per heavy atom. The molecule has 2 aromatic carbocycles. The van der Waals surface area contributed by atoms with Crippen LogP contribution in [0.3, 0.4) is 0 Å². The predicted molar refractivity (Wildman–Crippen MR) is 157 cm³/mol. The highest BCUT2D eigenvalue weighted by molar-refractivity contribution is 5.98. The zero-order chi connectivity index (χ0) is 27.0. The van der Waals surface area contributed by atoms with E-state index >= 15 is 0 Å². The highest BCUT2D eigenvalue weighted by atomic mass is 16.5. The molecular weight excluding hydrogens is 492 g/mol. The number of rotatable bonds is 9. The summed E-state index contributed by atoms with van der Waals surface area (Å²) >= 11 is 0. The summed E-state index contributed by atoms with van der Waals surface area (Å²) in [5.41, 5.74) is 4.83. The molecule has 0 aliphatic carbocycles. The minimum absolute atomic E-state index is 0.238. The molecule has 3 aromatic rings. The molecule has 0 bridgehead atoms. The Morgan fingerprint density at radius 2 is 1.77 bits per heavy atom. The average Bonchev–Trinajstić information content (AvgIpc) is 2.98. The van der Waals surface area contributed by atoms with Crippen LogP contribution in [0.15, 0.2) is 67.4 Å². The number of anilines is 6. The zero-order valence-electron chi connectivity index (χ0n) is 22.4. The van der Waals surface area contributed by atoms with Crippen LogP contribution in [0.25, 0.3) is 0 Å². The molecule has 0 atom stereocenters. The summed E-state index contributed by atoms with van der Waals surface area (Å²) in [5.74, 6) is 1.02. The van der Waals surface area contributed by atoms with Crippen molar-refractivity contribution in [2.24, 2.45) is 0 Å². The van der Waals surface area contributed by atoms with Gasteiger partial charge in [0.15, 0.2) is 5.82 Å². The van der Waals surface area contributed by atoms with Crippen LogP contribution in [0.5, 0.6) is 0 Å². The number of nitrogens with zero attached hydrogens (tertiary/aromatic N) is 5. The second-order valence-corrected chi connectivity index (χ2v) is 9.74. The van der Waals surface area contributed by atoms with E-state index < -0.39 is 0 Å². The van der Waals surface area contributed by atoms with Gasteiger partial charge >= 0.3 is 0 Å². The van der Waals surface area contributed by atoms with Gasteiger partial charge in [0, 0.05) is 62.9 Å². The number of nitrogens with one attached hydrogen (secondary N) is 3. The van der Waals surface area contributed by atoms with Gasteiger partial charge in [0.1, 0.15) is 0 Å². The fraction of sp³-hybridized carbons (Fsp3) is 0.345. The van der Waals surface area contributed by atoms with Crippen LogP contribution < -0.4 is 25.8 Å². The Kier molecular flexibility index (Phi) is 8.55. The van der Waals surface area contributed by atoms with Crippen LogP contribution in [0.2, 0.25) is 0 Å². The Labute approximate surface area is 229 Å². The third-order valence-corrected chi connectivity index (χ3v) is 6.95. The number of piperazine rings is 1. The first-order valence-corrected chi connectivity index (χ1v) is 13.3. The highest BCUT2D eigenvalue weighted by Crippen LogP contribution is 2.28. The smallest absolute Gasteiger partial charge is 0.247 e. The number of carbonyl (C=O) groups is 1. The highest BCUT2D eigenvalue weighted by Gasteiger charge is 2.18. The van der Waals surface area contributed by atoms with Crippen molar-refractivity contribution in [2.45, 2.75) is 6.54 Å². The average molecular weight is 529 g/mol. The Hall–Kier alpha value is -4.15. The van der Waals surface area contributed by atoms with E-state index in [1.807, 2.05) is 30.5 Å². The van der Waals surface area contributed by atoms with E-state index in [1.54, 1.807) is 0 Å². The number of morpholine rings is 1. The summed E-state index contributed by atoms with van der Waals surface area (Å²) in [4.78, 5) is 28.2. The standard InChI is InChI=1S/C29H36N8O2/c1-3-27(38)32-24-6-4-5-22(19-24)20-30-28-26(37-15-17-39-18-16-37)21-31-29(34-28)33-23-7-9-25(10-8-23)36-13-11-35(2)12-14-36/h3-10,19,21H,1,11-18,20H2,2H3,(H,32,38)(H2,30,31,33,34). The molecular formula is C29H36N8O2. The molecule has 1 amide bonds. The maximum Gasteiger partial charge on any atom is 0.247 e. The molecule has 2 aliphatic rings. The van der Waals surface area contributed by atoms with E-state index in [1.165, 1.54) is 11.8 Å². The lowest BCUT2D eigenvalue weighted by molar-refractivity contribution is -0.111. The predicted octanol–water partition coefficient (Wildman–Crippen LogP) is 3.55. The number of ether oxygens (including phenoxy) is 1. The molecule has 0 unspecified atom stereocenters. The number of hydrogen-bond acceptors (Lipinski definition) is 9. The molecule has 2 saturated heterocycles. The van der Waals surface area contributed by atoms with E-state index in [2.05, 4.69) is 73.5 Å². The summed E-state index contributed by atoms with van der Waals surface area (Å²) in [7, 11) is 2.17. The number of benzene rings is 2. The van der Waals surface area contributed by atoms with Crippen LogP contribution in [0.4, 0.5) is 34.5 Å². The number of likely N-dealkylation sites (N-methyl/N-ethyl adjacent to an activating group) is 1. The van der Waals surface area contributed by atoms with Crippen LogP contribution >= 0.6 is 0 Å². The monoisotopic (exact) mass is 528 g/mol. The van der Waals surface area contributed by atoms with Crippen molar-refractivity contribution in [3.8, 4) is 0 Å². The van der Waals surface area contributed by atoms with Crippen LogP contribution in [-0.4, -0.2) is 80.3 Å². The molecule has 0 radical (unpaired) electrons. The normalized spacial score (nSPS) is 16.0. The van der Waals surface area contributed by atoms with Gasteiger partial charge in [-0.05, 0) is 55.1 Å². The minimum atomic E-state index is -0.238. The first-order valence-electron chi connectivity index (χ1n) is 13.3. The number of amides is 1. The van der Waals surface area contributed by atoms with Crippen molar-refractivity contribution in [1.82, 2.24) is 14.9 Å². The number of carbonyl (C=O) groups excluding carboxylic acids is 1. The van der Waals surface area contributed by atoms with Crippen molar-refractivity contribution in [3.63, 3.8) is 0 Å². The molecule has 2 fully saturated rings. The van der Waals surface area contributed by atoms with Crippen LogP contribution in [0.1, 0.15) is 5.56 Å².